The van der Waals surface area contributed by atoms with Gasteiger partial charge in [0.2, 0.25) is 0 Å². The van der Waals surface area contributed by atoms with Crippen molar-refractivity contribution in [2.24, 2.45) is 0 Å². The number of amides is 1. The first-order valence-corrected chi connectivity index (χ1v) is 5.95. The van der Waals surface area contributed by atoms with Gasteiger partial charge in [0, 0.05) is 18.2 Å². The number of nitrogens with zero attached hydrogens (tertiary/aromatic N) is 2. The van der Waals surface area contributed by atoms with Crippen LogP contribution in [0.25, 0.3) is 0 Å². The highest BCUT2D eigenvalue weighted by Crippen LogP contribution is 2.14. The Morgan fingerprint density at radius 1 is 1.61 bits per heavy atom. The summed E-state index contributed by atoms with van der Waals surface area (Å²) in [6.07, 6.45) is 0.918. The van der Waals surface area contributed by atoms with Crippen LogP contribution in [-0.2, 0) is 6.61 Å². The minimum Gasteiger partial charge on any atom is -0.388 e. The van der Waals surface area contributed by atoms with Crippen LogP contribution in [0.5, 0.6) is 0 Å². The summed E-state index contributed by atoms with van der Waals surface area (Å²) in [4.78, 5) is 13.9. The fourth-order valence-corrected chi connectivity index (χ4v) is 1.46. The molecule has 0 aromatic carbocycles. The average Bonchev–Trinajstić information content (AvgIpc) is 2.84. The third-order valence-electron chi connectivity index (χ3n) is 3.42. The minimum absolute atomic E-state index is 0.0980. The van der Waals surface area contributed by atoms with Crippen molar-refractivity contribution in [3.05, 3.63) is 17.5 Å². The molecule has 1 rings (SSSR count). The molecule has 18 heavy (non-hydrogen) atoms. The summed E-state index contributed by atoms with van der Waals surface area (Å²) in [6, 6.07) is 1.44. The van der Waals surface area contributed by atoms with E-state index in [1.165, 1.54) is 6.07 Å². The Balaban J connectivity index is 2.60. The van der Waals surface area contributed by atoms with Crippen molar-refractivity contribution in [2.45, 2.75) is 32.4 Å². The van der Waals surface area contributed by atoms with E-state index in [1.54, 1.807) is 0 Å². The molecule has 1 aromatic heterocycles. The van der Waals surface area contributed by atoms with Gasteiger partial charge in [-0.05, 0) is 27.4 Å². The van der Waals surface area contributed by atoms with Gasteiger partial charge in [0.05, 0.1) is 0 Å². The lowest BCUT2D eigenvalue weighted by atomic mass is 9.97. The van der Waals surface area contributed by atoms with E-state index in [9.17, 15) is 4.79 Å². The van der Waals surface area contributed by atoms with E-state index in [2.05, 4.69) is 29.2 Å². The van der Waals surface area contributed by atoms with Gasteiger partial charge in [-0.15, -0.1) is 0 Å². The molecule has 0 saturated carbocycles. The molecule has 2 N–H and O–H groups in total. The summed E-state index contributed by atoms with van der Waals surface area (Å²) in [5, 5.41) is 15.3. The zero-order valence-corrected chi connectivity index (χ0v) is 11.4. The van der Waals surface area contributed by atoms with Crippen LogP contribution in [0.4, 0.5) is 0 Å². The van der Waals surface area contributed by atoms with Crippen molar-refractivity contribution in [3.63, 3.8) is 0 Å². The summed E-state index contributed by atoms with van der Waals surface area (Å²) in [5.41, 5.74) is 0.0930. The number of aromatic nitrogens is 1. The Kier molecular flexibility index (Phi) is 4.86. The van der Waals surface area contributed by atoms with Gasteiger partial charge in [-0.1, -0.05) is 12.1 Å². The lowest BCUT2D eigenvalue weighted by Crippen LogP contribution is -2.50. The second-order valence-electron chi connectivity index (χ2n) is 4.76. The van der Waals surface area contributed by atoms with Crippen molar-refractivity contribution in [1.82, 2.24) is 15.4 Å². The fraction of sp³-hybridized carbons (Fsp3) is 0.667. The van der Waals surface area contributed by atoms with E-state index in [1.807, 2.05) is 14.1 Å². The Hall–Kier alpha value is -1.40. The molecule has 0 fully saturated rings. The van der Waals surface area contributed by atoms with Gasteiger partial charge in [0.15, 0.2) is 11.5 Å². The number of hydrogen-bond acceptors (Lipinski definition) is 5. The van der Waals surface area contributed by atoms with E-state index < -0.39 is 0 Å². The monoisotopic (exact) mass is 255 g/mol. The molecule has 6 heteroatoms. The number of aliphatic hydroxyl groups is 1. The number of rotatable bonds is 6. The molecule has 0 saturated heterocycles. The molecule has 102 valence electrons. The van der Waals surface area contributed by atoms with Crippen LogP contribution in [0.3, 0.4) is 0 Å². The van der Waals surface area contributed by atoms with Crippen molar-refractivity contribution in [1.29, 1.82) is 0 Å². The summed E-state index contributed by atoms with van der Waals surface area (Å²) in [6.45, 7) is 4.42. The molecular formula is C12H21N3O3. The Labute approximate surface area is 107 Å². The van der Waals surface area contributed by atoms with Gasteiger partial charge >= 0.3 is 0 Å². The zero-order chi connectivity index (χ0) is 13.8. The summed E-state index contributed by atoms with van der Waals surface area (Å²) in [7, 11) is 3.96. The first kappa shape index (κ1) is 14.7. The Morgan fingerprint density at radius 2 is 2.28 bits per heavy atom. The van der Waals surface area contributed by atoms with Gasteiger partial charge in [0.25, 0.3) is 5.91 Å². The number of carbonyl (C=O) groups is 1. The molecule has 0 radical (unpaired) electrons. The SMILES string of the molecule is CCC(C)(CNC(=O)c1cc(CO)on1)N(C)C. The lowest BCUT2D eigenvalue weighted by Gasteiger charge is -2.35. The highest BCUT2D eigenvalue weighted by atomic mass is 16.5. The predicted octanol–water partition coefficient (Wildman–Crippen LogP) is 0.627. The van der Waals surface area contributed by atoms with Crippen LogP contribution in [0, 0.1) is 0 Å². The lowest BCUT2D eigenvalue weighted by molar-refractivity contribution is 0.0897. The maximum absolute atomic E-state index is 11.8. The Morgan fingerprint density at radius 3 is 2.72 bits per heavy atom. The van der Waals surface area contributed by atoms with Crippen LogP contribution >= 0.6 is 0 Å². The van der Waals surface area contributed by atoms with E-state index in [4.69, 9.17) is 9.63 Å². The first-order valence-electron chi connectivity index (χ1n) is 5.95. The van der Waals surface area contributed by atoms with E-state index in [0.29, 0.717) is 6.54 Å². The number of nitrogens with one attached hydrogen (secondary N) is 1. The highest BCUT2D eigenvalue weighted by molar-refractivity contribution is 5.92. The van der Waals surface area contributed by atoms with E-state index in [0.717, 1.165) is 6.42 Å². The molecule has 1 amide bonds. The van der Waals surface area contributed by atoms with Crippen LogP contribution < -0.4 is 5.32 Å². The van der Waals surface area contributed by atoms with Crippen molar-refractivity contribution in [3.8, 4) is 0 Å². The fourth-order valence-electron chi connectivity index (χ4n) is 1.46. The molecule has 1 atom stereocenters. The third-order valence-corrected chi connectivity index (χ3v) is 3.42. The molecule has 0 aliphatic carbocycles. The molecule has 1 unspecified atom stereocenters. The number of aliphatic hydroxyl groups excluding tert-OH is 1. The second kappa shape index (κ2) is 5.97. The largest absolute Gasteiger partial charge is 0.388 e. The van der Waals surface area contributed by atoms with Crippen LogP contribution in [-0.4, -0.2) is 47.2 Å². The first-order chi connectivity index (χ1) is 8.42. The molecule has 1 aromatic rings. The highest BCUT2D eigenvalue weighted by Gasteiger charge is 2.25. The van der Waals surface area contributed by atoms with Gasteiger partial charge in [-0.3, -0.25) is 4.79 Å². The van der Waals surface area contributed by atoms with E-state index >= 15 is 0 Å². The van der Waals surface area contributed by atoms with Gasteiger partial charge < -0.3 is 19.8 Å². The predicted molar refractivity (Wildman–Crippen MR) is 67.1 cm³/mol. The van der Waals surface area contributed by atoms with Crippen molar-refractivity contribution in [2.75, 3.05) is 20.6 Å². The third kappa shape index (κ3) is 3.30. The quantitative estimate of drug-likeness (QED) is 0.779. The summed E-state index contributed by atoms with van der Waals surface area (Å²) >= 11 is 0. The average molecular weight is 255 g/mol. The maximum atomic E-state index is 11.8. The van der Waals surface area contributed by atoms with Crippen LogP contribution in [0.15, 0.2) is 10.6 Å². The molecular weight excluding hydrogens is 234 g/mol. The molecule has 1 heterocycles. The molecule has 0 aliphatic heterocycles. The second-order valence-corrected chi connectivity index (χ2v) is 4.76. The summed E-state index contributed by atoms with van der Waals surface area (Å²) in [5.74, 6) is -0.00834. The number of carbonyl (C=O) groups excluding carboxylic acids is 1. The topological polar surface area (TPSA) is 78.6 Å². The van der Waals surface area contributed by atoms with Crippen LogP contribution in [0.2, 0.25) is 0 Å². The normalized spacial score (nSPS) is 14.6. The molecule has 0 spiro atoms. The standard InChI is InChI=1S/C12H21N3O3/c1-5-12(2,15(3)4)8-13-11(17)10-6-9(7-16)18-14-10/h6,16H,5,7-8H2,1-4H3,(H,13,17). The smallest absolute Gasteiger partial charge is 0.273 e. The minimum atomic E-state index is -0.292. The number of hydrogen-bond donors (Lipinski definition) is 2. The molecule has 0 bridgehead atoms. The van der Waals surface area contributed by atoms with Gasteiger partial charge in [-0.2, -0.15) is 0 Å². The maximum Gasteiger partial charge on any atom is 0.273 e. The van der Waals surface area contributed by atoms with Crippen molar-refractivity contribution >= 4 is 5.91 Å². The van der Waals surface area contributed by atoms with Crippen LogP contribution in [0.1, 0.15) is 36.5 Å². The van der Waals surface area contributed by atoms with E-state index in [-0.39, 0.29) is 29.5 Å². The summed E-state index contributed by atoms with van der Waals surface area (Å²) < 4.78 is 4.77. The Bertz CT molecular complexity index is 403. The zero-order valence-electron chi connectivity index (χ0n) is 11.4. The van der Waals surface area contributed by atoms with Gasteiger partial charge in [0.1, 0.15) is 6.61 Å². The molecule has 0 aliphatic rings. The number of likely N-dealkylation sites (N-methyl/N-ethyl adjacent to an activating group) is 1. The van der Waals surface area contributed by atoms with Crippen molar-refractivity contribution < 1.29 is 14.4 Å². The van der Waals surface area contributed by atoms with Gasteiger partial charge in [-0.25, -0.2) is 0 Å². The molecule has 6 nitrogen and oxygen atoms in total.